The largest absolute Gasteiger partial charge is 0.478 e. The van der Waals surface area contributed by atoms with E-state index in [1.807, 2.05) is 0 Å². The van der Waals surface area contributed by atoms with Gasteiger partial charge in [-0.3, -0.25) is 4.90 Å². The molecule has 0 unspecified atom stereocenters. The third-order valence-electron chi connectivity index (χ3n) is 1.82. The van der Waals surface area contributed by atoms with Gasteiger partial charge in [-0.15, -0.1) is 0 Å². The van der Waals surface area contributed by atoms with Crippen molar-refractivity contribution >= 4 is 5.97 Å². The van der Waals surface area contributed by atoms with E-state index in [2.05, 4.69) is 4.90 Å². The number of nitrogens with zero attached hydrogens (tertiary/aromatic N) is 1. The van der Waals surface area contributed by atoms with Crippen LogP contribution in [-0.2, 0) is 4.79 Å². The fraction of sp³-hybridized carbons (Fsp3) is 0.625. The second-order valence-electron chi connectivity index (χ2n) is 2.75. The van der Waals surface area contributed by atoms with Crippen LogP contribution >= 0.6 is 0 Å². The van der Waals surface area contributed by atoms with E-state index in [4.69, 9.17) is 5.11 Å². The number of carboxylic acids is 1. The van der Waals surface area contributed by atoms with Gasteiger partial charge in [-0.05, 0) is 25.9 Å². The van der Waals surface area contributed by atoms with Crippen LogP contribution in [0.5, 0.6) is 0 Å². The SMILES string of the molecule is O=C(O)/C=C/CN1CCCC1. The van der Waals surface area contributed by atoms with Crippen molar-refractivity contribution in [1.82, 2.24) is 4.90 Å². The van der Waals surface area contributed by atoms with E-state index in [-0.39, 0.29) is 0 Å². The number of rotatable bonds is 3. The van der Waals surface area contributed by atoms with Crippen molar-refractivity contribution < 1.29 is 9.90 Å². The molecule has 1 saturated heterocycles. The third kappa shape index (κ3) is 3.18. The highest BCUT2D eigenvalue weighted by molar-refractivity contribution is 5.79. The zero-order valence-corrected chi connectivity index (χ0v) is 6.49. The van der Waals surface area contributed by atoms with Crippen molar-refractivity contribution in [3.8, 4) is 0 Å². The van der Waals surface area contributed by atoms with Gasteiger partial charge in [0.15, 0.2) is 0 Å². The minimum atomic E-state index is -0.857. The Kier molecular flexibility index (Phi) is 3.11. The summed E-state index contributed by atoms with van der Waals surface area (Å²) in [5, 5.41) is 8.28. The minimum absolute atomic E-state index is 0.784. The monoisotopic (exact) mass is 155 g/mol. The predicted molar refractivity (Wildman–Crippen MR) is 42.4 cm³/mol. The summed E-state index contributed by atoms with van der Waals surface area (Å²) in [6.45, 7) is 3.01. The van der Waals surface area contributed by atoms with E-state index in [0.717, 1.165) is 19.6 Å². The molecule has 3 nitrogen and oxygen atoms in total. The molecular weight excluding hydrogens is 142 g/mol. The lowest BCUT2D eigenvalue weighted by Gasteiger charge is -2.09. The Morgan fingerprint density at radius 3 is 2.64 bits per heavy atom. The Hall–Kier alpha value is -0.830. The minimum Gasteiger partial charge on any atom is -0.478 e. The molecule has 1 heterocycles. The molecule has 1 fully saturated rings. The van der Waals surface area contributed by atoms with E-state index >= 15 is 0 Å². The summed E-state index contributed by atoms with van der Waals surface area (Å²) >= 11 is 0. The fourth-order valence-electron chi connectivity index (χ4n) is 1.27. The number of aliphatic carboxylic acids is 1. The van der Waals surface area contributed by atoms with Crippen LogP contribution < -0.4 is 0 Å². The van der Waals surface area contributed by atoms with E-state index in [0.29, 0.717) is 0 Å². The fourth-order valence-corrected chi connectivity index (χ4v) is 1.27. The van der Waals surface area contributed by atoms with E-state index in [1.165, 1.54) is 18.9 Å². The second kappa shape index (κ2) is 4.13. The molecule has 1 aliphatic rings. The first-order valence-electron chi connectivity index (χ1n) is 3.91. The third-order valence-corrected chi connectivity index (χ3v) is 1.82. The Morgan fingerprint density at radius 2 is 2.09 bits per heavy atom. The quantitative estimate of drug-likeness (QED) is 0.610. The van der Waals surface area contributed by atoms with Crippen molar-refractivity contribution in [3.63, 3.8) is 0 Å². The van der Waals surface area contributed by atoms with E-state index in [1.54, 1.807) is 6.08 Å². The van der Waals surface area contributed by atoms with Crippen LogP contribution in [0.1, 0.15) is 12.8 Å². The standard InChI is InChI=1S/C8H13NO2/c10-8(11)4-3-7-9-5-1-2-6-9/h3-4H,1-2,5-7H2,(H,10,11)/b4-3+. The Morgan fingerprint density at radius 1 is 1.45 bits per heavy atom. The highest BCUT2D eigenvalue weighted by Gasteiger charge is 2.08. The molecule has 3 heteroatoms. The summed E-state index contributed by atoms with van der Waals surface area (Å²) in [6, 6.07) is 0. The molecule has 0 aliphatic carbocycles. The molecule has 0 aromatic rings. The highest BCUT2D eigenvalue weighted by Crippen LogP contribution is 2.05. The summed E-state index contributed by atoms with van der Waals surface area (Å²) in [6.07, 6.45) is 5.41. The molecule has 0 saturated carbocycles. The lowest BCUT2D eigenvalue weighted by molar-refractivity contribution is -0.131. The molecule has 0 amide bonds. The lowest BCUT2D eigenvalue weighted by Crippen LogP contribution is -2.18. The second-order valence-corrected chi connectivity index (χ2v) is 2.75. The van der Waals surface area contributed by atoms with Gasteiger partial charge in [0.05, 0.1) is 0 Å². The van der Waals surface area contributed by atoms with Gasteiger partial charge >= 0.3 is 5.97 Å². The molecule has 0 atom stereocenters. The zero-order valence-electron chi connectivity index (χ0n) is 6.49. The molecule has 0 spiro atoms. The predicted octanol–water partition coefficient (Wildman–Crippen LogP) is 0.723. The van der Waals surface area contributed by atoms with Crippen molar-refractivity contribution in [2.75, 3.05) is 19.6 Å². The number of carbonyl (C=O) groups is 1. The molecule has 0 bridgehead atoms. The molecule has 1 N–H and O–H groups in total. The zero-order chi connectivity index (χ0) is 8.10. The molecule has 1 rings (SSSR count). The maximum atomic E-state index is 10.1. The Labute approximate surface area is 66.3 Å². The molecule has 0 aromatic carbocycles. The summed E-state index contributed by atoms with van der Waals surface area (Å²) in [5.41, 5.74) is 0. The van der Waals surface area contributed by atoms with Gasteiger partial charge in [0, 0.05) is 12.6 Å². The van der Waals surface area contributed by atoms with Gasteiger partial charge in [0.2, 0.25) is 0 Å². The molecule has 62 valence electrons. The van der Waals surface area contributed by atoms with Crippen LogP contribution in [-0.4, -0.2) is 35.6 Å². The first-order valence-corrected chi connectivity index (χ1v) is 3.91. The molecule has 1 aliphatic heterocycles. The van der Waals surface area contributed by atoms with Gasteiger partial charge in [-0.1, -0.05) is 6.08 Å². The summed E-state index contributed by atoms with van der Waals surface area (Å²) in [5.74, 6) is -0.857. The van der Waals surface area contributed by atoms with Gasteiger partial charge in [-0.25, -0.2) is 4.79 Å². The highest BCUT2D eigenvalue weighted by atomic mass is 16.4. The van der Waals surface area contributed by atoms with Gasteiger partial charge in [-0.2, -0.15) is 0 Å². The topological polar surface area (TPSA) is 40.5 Å². The van der Waals surface area contributed by atoms with Crippen LogP contribution in [0, 0.1) is 0 Å². The maximum absolute atomic E-state index is 10.1. The van der Waals surface area contributed by atoms with Crippen LogP contribution in [0.15, 0.2) is 12.2 Å². The van der Waals surface area contributed by atoms with E-state index < -0.39 is 5.97 Å². The smallest absolute Gasteiger partial charge is 0.328 e. The van der Waals surface area contributed by atoms with Crippen LogP contribution in [0.2, 0.25) is 0 Å². The van der Waals surface area contributed by atoms with Gasteiger partial charge in [0.1, 0.15) is 0 Å². The maximum Gasteiger partial charge on any atom is 0.328 e. The first-order chi connectivity index (χ1) is 5.29. The van der Waals surface area contributed by atoms with Crippen LogP contribution in [0.3, 0.4) is 0 Å². The van der Waals surface area contributed by atoms with Gasteiger partial charge < -0.3 is 5.11 Å². The molecule has 11 heavy (non-hydrogen) atoms. The number of hydrogen-bond donors (Lipinski definition) is 1. The number of likely N-dealkylation sites (tertiary alicyclic amines) is 1. The normalized spacial score (nSPS) is 19.6. The van der Waals surface area contributed by atoms with Crippen molar-refractivity contribution in [3.05, 3.63) is 12.2 Å². The Bertz CT molecular complexity index is 159. The van der Waals surface area contributed by atoms with Gasteiger partial charge in [0.25, 0.3) is 0 Å². The van der Waals surface area contributed by atoms with Crippen molar-refractivity contribution in [1.29, 1.82) is 0 Å². The van der Waals surface area contributed by atoms with Crippen LogP contribution in [0.4, 0.5) is 0 Å². The summed E-state index contributed by atoms with van der Waals surface area (Å²) in [4.78, 5) is 12.3. The lowest BCUT2D eigenvalue weighted by atomic mass is 10.4. The van der Waals surface area contributed by atoms with Crippen molar-refractivity contribution in [2.24, 2.45) is 0 Å². The average molecular weight is 155 g/mol. The Balaban J connectivity index is 2.15. The molecule has 0 aromatic heterocycles. The molecular formula is C8H13NO2. The summed E-state index contributed by atoms with van der Waals surface area (Å²) in [7, 11) is 0. The number of hydrogen-bond acceptors (Lipinski definition) is 2. The number of carboxylic acid groups (broad SMARTS) is 1. The first kappa shape index (κ1) is 8.27. The molecule has 0 radical (unpaired) electrons. The van der Waals surface area contributed by atoms with E-state index in [9.17, 15) is 4.79 Å². The summed E-state index contributed by atoms with van der Waals surface area (Å²) < 4.78 is 0. The van der Waals surface area contributed by atoms with Crippen LogP contribution in [0.25, 0.3) is 0 Å². The average Bonchev–Trinajstić information content (AvgIpc) is 2.39. The van der Waals surface area contributed by atoms with Crippen molar-refractivity contribution in [2.45, 2.75) is 12.8 Å².